The number of hydrogen-bond donors (Lipinski definition) is 1. The van der Waals surface area contributed by atoms with Crippen LogP contribution in [0.4, 0.5) is 11.4 Å². The molecule has 2 rings (SSSR count). The van der Waals surface area contributed by atoms with Crippen molar-refractivity contribution in [3.8, 4) is 0 Å². The highest BCUT2D eigenvalue weighted by molar-refractivity contribution is 5.84. The lowest BCUT2D eigenvalue weighted by Gasteiger charge is -2.01. The third kappa shape index (κ3) is 4.44. The summed E-state index contributed by atoms with van der Waals surface area (Å²) < 4.78 is 0. The molecule has 0 aliphatic heterocycles. The van der Waals surface area contributed by atoms with Crippen LogP contribution in [-0.4, -0.2) is 22.0 Å². The van der Waals surface area contributed by atoms with Crippen molar-refractivity contribution in [1.29, 1.82) is 0 Å². The molecule has 0 radical (unpaired) electrons. The number of carbonyl (C=O) groups excluding carboxylic acids is 1. The maximum atomic E-state index is 11.8. The second-order valence-corrected chi connectivity index (χ2v) is 4.71. The van der Waals surface area contributed by atoms with Gasteiger partial charge in [0.2, 0.25) is 5.91 Å². The summed E-state index contributed by atoms with van der Waals surface area (Å²) >= 11 is 0. The number of benzene rings is 2. The summed E-state index contributed by atoms with van der Waals surface area (Å²) in [4.78, 5) is 32.2. The van der Waals surface area contributed by atoms with Crippen LogP contribution in [0.5, 0.6) is 0 Å². The zero-order chi connectivity index (χ0) is 17.5. The third-order valence-corrected chi connectivity index (χ3v) is 3.02. The second-order valence-electron chi connectivity index (χ2n) is 4.71. The van der Waals surface area contributed by atoms with Crippen LogP contribution < -0.4 is 5.43 Å². The first-order chi connectivity index (χ1) is 11.5. The Hall–Kier alpha value is -3.62. The molecule has 0 saturated heterocycles. The van der Waals surface area contributed by atoms with Gasteiger partial charge in [-0.2, -0.15) is 5.10 Å². The maximum Gasteiger partial charge on any atom is 0.273 e. The van der Waals surface area contributed by atoms with Gasteiger partial charge >= 0.3 is 0 Å². The average Bonchev–Trinajstić information content (AvgIpc) is 2.55. The summed E-state index contributed by atoms with van der Waals surface area (Å²) in [5, 5.41) is 25.2. The molecule has 9 nitrogen and oxygen atoms in total. The number of nitrogens with one attached hydrogen (secondary N) is 1. The van der Waals surface area contributed by atoms with Gasteiger partial charge in [-0.3, -0.25) is 25.0 Å². The van der Waals surface area contributed by atoms with Crippen LogP contribution in [0.2, 0.25) is 0 Å². The van der Waals surface area contributed by atoms with Gasteiger partial charge in [0.1, 0.15) is 0 Å². The SMILES string of the molecule is O=C(Cc1ccccc1[N+](=O)[O-])NN=Cc1cccc([N+](=O)[O-])c1. The van der Waals surface area contributed by atoms with Crippen LogP contribution >= 0.6 is 0 Å². The van der Waals surface area contributed by atoms with Gasteiger partial charge in [0.15, 0.2) is 0 Å². The number of nitro benzene ring substituents is 2. The Labute approximate surface area is 135 Å². The molecule has 2 aromatic carbocycles. The average molecular weight is 328 g/mol. The molecule has 0 fully saturated rings. The standard InChI is InChI=1S/C15H12N4O5/c20-15(9-12-5-1-2-7-14(12)19(23)24)17-16-10-11-4-3-6-13(8-11)18(21)22/h1-8,10H,9H2,(H,17,20). The van der Waals surface area contributed by atoms with Crippen molar-refractivity contribution in [2.75, 3.05) is 0 Å². The summed E-state index contributed by atoms with van der Waals surface area (Å²) in [7, 11) is 0. The molecule has 122 valence electrons. The number of rotatable bonds is 6. The first-order valence-corrected chi connectivity index (χ1v) is 6.76. The molecule has 2 aromatic rings. The highest BCUT2D eigenvalue weighted by atomic mass is 16.6. The smallest absolute Gasteiger partial charge is 0.273 e. The van der Waals surface area contributed by atoms with Crippen molar-refractivity contribution < 1.29 is 14.6 Å². The maximum absolute atomic E-state index is 11.8. The van der Waals surface area contributed by atoms with Crippen molar-refractivity contribution in [3.05, 3.63) is 79.9 Å². The van der Waals surface area contributed by atoms with Gasteiger partial charge in [-0.1, -0.05) is 30.3 Å². The van der Waals surface area contributed by atoms with E-state index in [0.717, 1.165) is 0 Å². The molecule has 24 heavy (non-hydrogen) atoms. The van der Waals surface area contributed by atoms with E-state index in [1.807, 2.05) is 0 Å². The molecule has 0 spiro atoms. The van der Waals surface area contributed by atoms with Gasteiger partial charge in [0.25, 0.3) is 11.4 Å². The summed E-state index contributed by atoms with van der Waals surface area (Å²) in [6.07, 6.45) is 1.05. The van der Waals surface area contributed by atoms with E-state index in [0.29, 0.717) is 5.56 Å². The van der Waals surface area contributed by atoms with Crippen molar-refractivity contribution in [2.45, 2.75) is 6.42 Å². The molecule has 0 heterocycles. The van der Waals surface area contributed by atoms with E-state index in [2.05, 4.69) is 10.5 Å². The molecule has 0 unspecified atom stereocenters. The molecule has 0 aromatic heterocycles. The van der Waals surface area contributed by atoms with Crippen molar-refractivity contribution >= 4 is 23.5 Å². The van der Waals surface area contributed by atoms with Crippen molar-refractivity contribution in [3.63, 3.8) is 0 Å². The first-order valence-electron chi connectivity index (χ1n) is 6.76. The van der Waals surface area contributed by atoms with E-state index in [1.54, 1.807) is 12.1 Å². The van der Waals surface area contributed by atoms with Gasteiger partial charge in [0.05, 0.1) is 22.5 Å². The molecular weight excluding hydrogens is 316 g/mol. The summed E-state index contributed by atoms with van der Waals surface area (Å²) in [5.74, 6) is -0.536. The number of nitrogens with zero attached hydrogens (tertiary/aromatic N) is 3. The Morgan fingerprint density at radius 1 is 1.08 bits per heavy atom. The van der Waals surface area contributed by atoms with Gasteiger partial charge < -0.3 is 0 Å². The fourth-order valence-corrected chi connectivity index (χ4v) is 1.95. The second kappa shape index (κ2) is 7.58. The lowest BCUT2D eigenvalue weighted by Crippen LogP contribution is -2.20. The van der Waals surface area contributed by atoms with Gasteiger partial charge in [-0.05, 0) is 0 Å². The Balaban J connectivity index is 2.00. The first kappa shape index (κ1) is 16.7. The molecule has 0 aliphatic rings. The van der Waals surface area contributed by atoms with E-state index in [-0.39, 0.29) is 23.4 Å². The quantitative estimate of drug-likeness (QED) is 0.494. The van der Waals surface area contributed by atoms with Crippen LogP contribution in [0, 0.1) is 20.2 Å². The van der Waals surface area contributed by atoms with Crippen LogP contribution in [0.25, 0.3) is 0 Å². The van der Waals surface area contributed by atoms with Gasteiger partial charge in [-0.15, -0.1) is 0 Å². The Morgan fingerprint density at radius 2 is 1.83 bits per heavy atom. The zero-order valence-electron chi connectivity index (χ0n) is 12.3. The molecule has 0 aliphatic carbocycles. The summed E-state index contributed by atoms with van der Waals surface area (Å²) in [6, 6.07) is 11.6. The Kier molecular flexibility index (Phi) is 5.29. The fourth-order valence-electron chi connectivity index (χ4n) is 1.95. The van der Waals surface area contributed by atoms with Crippen LogP contribution in [0.1, 0.15) is 11.1 Å². The van der Waals surface area contributed by atoms with E-state index in [9.17, 15) is 25.0 Å². The molecular formula is C15H12N4O5. The van der Waals surface area contributed by atoms with Crippen molar-refractivity contribution in [2.24, 2.45) is 5.10 Å². The van der Waals surface area contributed by atoms with Gasteiger partial charge in [0, 0.05) is 29.3 Å². The van der Waals surface area contributed by atoms with Gasteiger partial charge in [-0.25, -0.2) is 5.43 Å². The Bertz CT molecular complexity index is 819. The number of nitro groups is 2. The third-order valence-electron chi connectivity index (χ3n) is 3.02. The topological polar surface area (TPSA) is 128 Å². The Morgan fingerprint density at radius 3 is 2.54 bits per heavy atom. The number of para-hydroxylation sites is 1. The minimum absolute atomic E-state index is 0.0924. The molecule has 0 saturated carbocycles. The van der Waals surface area contributed by atoms with E-state index >= 15 is 0 Å². The molecule has 0 bridgehead atoms. The van der Waals surface area contributed by atoms with E-state index < -0.39 is 15.8 Å². The normalized spacial score (nSPS) is 10.5. The number of non-ortho nitro benzene ring substituents is 1. The van der Waals surface area contributed by atoms with Crippen LogP contribution in [0.3, 0.4) is 0 Å². The van der Waals surface area contributed by atoms with Crippen molar-refractivity contribution in [1.82, 2.24) is 5.43 Å². The molecule has 1 N–H and O–H groups in total. The highest BCUT2D eigenvalue weighted by Crippen LogP contribution is 2.18. The lowest BCUT2D eigenvalue weighted by molar-refractivity contribution is -0.385. The van der Waals surface area contributed by atoms with Crippen LogP contribution in [-0.2, 0) is 11.2 Å². The fraction of sp³-hybridized carbons (Fsp3) is 0.0667. The number of hydrogen-bond acceptors (Lipinski definition) is 6. The predicted molar refractivity (Wildman–Crippen MR) is 85.6 cm³/mol. The molecule has 9 heteroatoms. The minimum Gasteiger partial charge on any atom is -0.273 e. The largest absolute Gasteiger partial charge is 0.273 e. The number of amides is 1. The van der Waals surface area contributed by atoms with E-state index in [1.165, 1.54) is 42.6 Å². The minimum atomic E-state index is -0.561. The zero-order valence-corrected chi connectivity index (χ0v) is 12.3. The van der Waals surface area contributed by atoms with E-state index in [4.69, 9.17) is 0 Å². The lowest BCUT2D eigenvalue weighted by atomic mass is 10.1. The van der Waals surface area contributed by atoms with Crippen LogP contribution in [0.15, 0.2) is 53.6 Å². The monoisotopic (exact) mass is 328 g/mol. The highest BCUT2D eigenvalue weighted by Gasteiger charge is 2.15. The number of hydrazone groups is 1. The summed E-state index contributed by atoms with van der Waals surface area (Å²) in [5.41, 5.74) is 2.71. The summed E-state index contributed by atoms with van der Waals surface area (Å²) in [6.45, 7) is 0. The molecule has 0 atom stereocenters. The predicted octanol–water partition coefficient (Wildman–Crippen LogP) is 2.20. The number of carbonyl (C=O) groups is 1. The molecule has 1 amide bonds.